The van der Waals surface area contributed by atoms with Crippen molar-refractivity contribution >= 4 is 11.6 Å². The zero-order valence-electron chi connectivity index (χ0n) is 11.3. The van der Waals surface area contributed by atoms with Gasteiger partial charge in [-0.2, -0.15) is 0 Å². The molecule has 2 rings (SSSR count). The summed E-state index contributed by atoms with van der Waals surface area (Å²) in [5.74, 6) is -0.513. The Balaban J connectivity index is 2.05. The van der Waals surface area contributed by atoms with E-state index in [-0.39, 0.29) is 24.2 Å². The van der Waals surface area contributed by atoms with E-state index in [9.17, 15) is 9.18 Å². The predicted molar refractivity (Wildman–Crippen MR) is 77.8 cm³/mol. The number of nitrogens with zero attached hydrogens (tertiary/aromatic N) is 1. The molecule has 0 aromatic heterocycles. The summed E-state index contributed by atoms with van der Waals surface area (Å²) in [6, 6.07) is 15.0. The van der Waals surface area contributed by atoms with E-state index in [2.05, 4.69) is 0 Å². The van der Waals surface area contributed by atoms with Gasteiger partial charge in [-0.3, -0.25) is 4.79 Å². The van der Waals surface area contributed by atoms with Crippen molar-refractivity contribution in [3.8, 4) is 0 Å². The van der Waals surface area contributed by atoms with Gasteiger partial charge in [-0.15, -0.1) is 0 Å². The number of nitrogens with two attached hydrogens (primary N) is 1. The number of hydrogen-bond donors (Lipinski definition) is 1. The van der Waals surface area contributed by atoms with Crippen molar-refractivity contribution in [3.63, 3.8) is 0 Å². The average molecular weight is 272 g/mol. The van der Waals surface area contributed by atoms with Gasteiger partial charge in [0.15, 0.2) is 0 Å². The maximum Gasteiger partial charge on any atom is 0.228 e. The van der Waals surface area contributed by atoms with E-state index in [0.29, 0.717) is 5.69 Å². The summed E-state index contributed by atoms with van der Waals surface area (Å²) in [7, 11) is 1.62. The van der Waals surface area contributed by atoms with Crippen LogP contribution in [0.1, 0.15) is 18.0 Å². The van der Waals surface area contributed by atoms with Gasteiger partial charge in [0.2, 0.25) is 5.91 Å². The van der Waals surface area contributed by atoms with Crippen LogP contribution in [-0.4, -0.2) is 13.0 Å². The largest absolute Gasteiger partial charge is 0.324 e. The molecule has 0 heterocycles. The third kappa shape index (κ3) is 3.42. The first-order valence-corrected chi connectivity index (χ1v) is 6.40. The van der Waals surface area contributed by atoms with Crippen molar-refractivity contribution < 1.29 is 9.18 Å². The van der Waals surface area contributed by atoms with Crippen molar-refractivity contribution in [2.45, 2.75) is 12.5 Å². The van der Waals surface area contributed by atoms with Crippen LogP contribution in [0.3, 0.4) is 0 Å². The second kappa shape index (κ2) is 6.30. The van der Waals surface area contributed by atoms with Crippen LogP contribution < -0.4 is 10.6 Å². The Bertz CT molecular complexity index is 586. The maximum atomic E-state index is 13.2. The third-order valence-corrected chi connectivity index (χ3v) is 3.19. The van der Waals surface area contributed by atoms with Gasteiger partial charge in [0, 0.05) is 25.2 Å². The fraction of sp³-hybridized carbons (Fsp3) is 0.188. The normalized spacial score (nSPS) is 11.9. The Hall–Kier alpha value is -2.20. The standard InChI is InChI=1S/C16H17FN2O/c1-19(14-9-5-8-13(17)10-14)16(20)11-15(18)12-6-3-2-4-7-12/h2-10,15H,11,18H2,1H3. The second-order valence-electron chi connectivity index (χ2n) is 4.65. The summed E-state index contributed by atoms with van der Waals surface area (Å²) in [5.41, 5.74) is 7.45. The molecule has 0 aliphatic heterocycles. The van der Waals surface area contributed by atoms with Gasteiger partial charge in [0.05, 0.1) is 0 Å². The lowest BCUT2D eigenvalue weighted by Gasteiger charge is -2.20. The molecule has 3 nitrogen and oxygen atoms in total. The van der Waals surface area contributed by atoms with Crippen LogP contribution in [0.15, 0.2) is 54.6 Å². The molecule has 104 valence electrons. The lowest BCUT2D eigenvalue weighted by atomic mass is 10.0. The highest BCUT2D eigenvalue weighted by Crippen LogP contribution is 2.19. The molecular formula is C16H17FN2O. The van der Waals surface area contributed by atoms with Gasteiger partial charge in [-0.1, -0.05) is 36.4 Å². The zero-order valence-corrected chi connectivity index (χ0v) is 11.3. The second-order valence-corrected chi connectivity index (χ2v) is 4.65. The highest BCUT2D eigenvalue weighted by molar-refractivity contribution is 5.93. The minimum absolute atomic E-state index is 0.146. The Morgan fingerprint density at radius 3 is 2.55 bits per heavy atom. The Morgan fingerprint density at radius 2 is 1.90 bits per heavy atom. The monoisotopic (exact) mass is 272 g/mol. The molecule has 0 radical (unpaired) electrons. The number of amides is 1. The molecule has 0 spiro atoms. The molecular weight excluding hydrogens is 255 g/mol. The number of rotatable bonds is 4. The van der Waals surface area contributed by atoms with Crippen LogP contribution in [0.5, 0.6) is 0 Å². The van der Waals surface area contributed by atoms with E-state index in [0.717, 1.165) is 5.56 Å². The van der Waals surface area contributed by atoms with Crippen LogP contribution >= 0.6 is 0 Å². The Morgan fingerprint density at radius 1 is 1.20 bits per heavy atom. The van der Waals surface area contributed by atoms with E-state index < -0.39 is 0 Å². The third-order valence-electron chi connectivity index (χ3n) is 3.19. The van der Waals surface area contributed by atoms with Gasteiger partial charge < -0.3 is 10.6 Å². The molecule has 1 unspecified atom stereocenters. The quantitative estimate of drug-likeness (QED) is 0.930. The molecule has 1 amide bonds. The van der Waals surface area contributed by atoms with Gasteiger partial charge in [-0.05, 0) is 23.8 Å². The Labute approximate surface area is 117 Å². The highest BCUT2D eigenvalue weighted by atomic mass is 19.1. The fourth-order valence-corrected chi connectivity index (χ4v) is 1.97. The summed E-state index contributed by atoms with van der Waals surface area (Å²) in [6.07, 6.45) is 0.178. The van der Waals surface area contributed by atoms with Gasteiger partial charge in [-0.25, -0.2) is 4.39 Å². The van der Waals surface area contributed by atoms with Gasteiger partial charge in [0.25, 0.3) is 0 Å². The van der Waals surface area contributed by atoms with E-state index in [1.165, 1.54) is 17.0 Å². The smallest absolute Gasteiger partial charge is 0.228 e. The Kier molecular flexibility index (Phi) is 4.48. The summed E-state index contributed by atoms with van der Waals surface area (Å²) >= 11 is 0. The lowest BCUT2D eigenvalue weighted by molar-refractivity contribution is -0.118. The lowest BCUT2D eigenvalue weighted by Crippen LogP contribution is -2.29. The molecule has 0 saturated heterocycles. The van der Waals surface area contributed by atoms with Crippen molar-refractivity contribution in [1.82, 2.24) is 0 Å². The van der Waals surface area contributed by atoms with Gasteiger partial charge in [0.1, 0.15) is 5.82 Å². The minimum atomic E-state index is -0.366. The molecule has 0 saturated carbocycles. The maximum absolute atomic E-state index is 13.2. The average Bonchev–Trinajstić information content (AvgIpc) is 2.47. The summed E-state index contributed by atoms with van der Waals surface area (Å²) < 4.78 is 13.2. The number of carbonyl (C=O) groups excluding carboxylic acids is 1. The number of carbonyl (C=O) groups is 1. The number of benzene rings is 2. The van der Waals surface area contributed by atoms with E-state index in [1.54, 1.807) is 19.2 Å². The summed E-state index contributed by atoms with van der Waals surface area (Å²) in [5, 5.41) is 0. The zero-order chi connectivity index (χ0) is 14.5. The summed E-state index contributed by atoms with van der Waals surface area (Å²) in [4.78, 5) is 13.6. The SMILES string of the molecule is CN(C(=O)CC(N)c1ccccc1)c1cccc(F)c1. The molecule has 0 aliphatic rings. The van der Waals surface area contributed by atoms with Gasteiger partial charge >= 0.3 is 0 Å². The van der Waals surface area contributed by atoms with Crippen LogP contribution in [-0.2, 0) is 4.79 Å². The number of halogens is 1. The first kappa shape index (κ1) is 14.2. The molecule has 1 atom stereocenters. The van der Waals surface area contributed by atoms with Crippen LogP contribution in [0.2, 0.25) is 0 Å². The molecule has 0 fully saturated rings. The van der Waals surface area contributed by atoms with E-state index in [1.807, 2.05) is 30.3 Å². The van der Waals surface area contributed by atoms with Crippen LogP contribution in [0.25, 0.3) is 0 Å². The van der Waals surface area contributed by atoms with Crippen molar-refractivity contribution in [2.75, 3.05) is 11.9 Å². The minimum Gasteiger partial charge on any atom is -0.324 e. The van der Waals surface area contributed by atoms with Crippen molar-refractivity contribution in [3.05, 3.63) is 66.0 Å². The highest BCUT2D eigenvalue weighted by Gasteiger charge is 2.16. The molecule has 2 aromatic rings. The van der Waals surface area contributed by atoms with E-state index >= 15 is 0 Å². The van der Waals surface area contributed by atoms with Crippen LogP contribution in [0, 0.1) is 5.82 Å². The molecule has 4 heteroatoms. The molecule has 0 aliphatic carbocycles. The molecule has 0 bridgehead atoms. The van der Waals surface area contributed by atoms with E-state index in [4.69, 9.17) is 5.73 Å². The topological polar surface area (TPSA) is 46.3 Å². The first-order valence-electron chi connectivity index (χ1n) is 6.40. The van der Waals surface area contributed by atoms with Crippen LogP contribution in [0.4, 0.5) is 10.1 Å². The fourth-order valence-electron chi connectivity index (χ4n) is 1.97. The number of anilines is 1. The first-order chi connectivity index (χ1) is 9.58. The number of hydrogen-bond acceptors (Lipinski definition) is 2. The molecule has 2 aromatic carbocycles. The molecule has 2 N–H and O–H groups in total. The van der Waals surface area contributed by atoms with Crippen molar-refractivity contribution in [1.29, 1.82) is 0 Å². The van der Waals surface area contributed by atoms with Crippen molar-refractivity contribution in [2.24, 2.45) is 5.73 Å². The predicted octanol–water partition coefficient (Wildman–Crippen LogP) is 2.88. The molecule has 20 heavy (non-hydrogen) atoms. The summed E-state index contributed by atoms with van der Waals surface area (Å²) in [6.45, 7) is 0.